The summed E-state index contributed by atoms with van der Waals surface area (Å²) in [4.78, 5) is 15.0. The topological polar surface area (TPSA) is 169 Å². The number of sulfonamides is 2. The quantitative estimate of drug-likeness (QED) is 0.258. The van der Waals surface area contributed by atoms with Crippen molar-refractivity contribution in [3.05, 3.63) is 82.5 Å². The van der Waals surface area contributed by atoms with E-state index in [9.17, 15) is 21.6 Å². The highest BCUT2D eigenvalue weighted by Gasteiger charge is 2.19. The minimum absolute atomic E-state index is 0.0329. The van der Waals surface area contributed by atoms with Gasteiger partial charge in [0.25, 0.3) is 20.0 Å². The number of nitrogens with two attached hydrogens (primary N) is 1. The van der Waals surface area contributed by atoms with E-state index < -0.39 is 26.0 Å². The summed E-state index contributed by atoms with van der Waals surface area (Å²) in [5.74, 6) is -1.16. The first-order valence-corrected chi connectivity index (χ1v) is 14.0. The number of anilines is 3. The van der Waals surface area contributed by atoms with Gasteiger partial charge in [0.1, 0.15) is 4.88 Å². The molecule has 2 aromatic heterocycles. The highest BCUT2D eigenvalue weighted by Crippen LogP contribution is 2.25. The summed E-state index contributed by atoms with van der Waals surface area (Å²) in [6.45, 7) is 0. The number of nitrogen functional groups attached to an aromatic ring is 1. The summed E-state index contributed by atoms with van der Waals surface area (Å²) in [7, 11) is -7.30. The van der Waals surface area contributed by atoms with E-state index in [1.54, 1.807) is 23.6 Å². The zero-order valence-corrected chi connectivity index (χ0v) is 20.4. The largest absolute Gasteiger partial charge is 0.477 e. The van der Waals surface area contributed by atoms with Crippen LogP contribution in [0.1, 0.15) is 9.67 Å². The number of thiazole rings is 1. The maximum atomic E-state index is 12.0. The second-order valence-electron chi connectivity index (χ2n) is 6.40. The Morgan fingerprint density at radius 3 is 2.03 bits per heavy atom. The fraction of sp³-hybridized carbons (Fsp3) is 0. The van der Waals surface area contributed by atoms with Gasteiger partial charge < -0.3 is 10.8 Å². The lowest BCUT2D eigenvalue weighted by molar-refractivity contribution is 0.0703. The first-order valence-electron chi connectivity index (χ1n) is 9.25. The molecule has 34 heavy (non-hydrogen) atoms. The highest BCUT2D eigenvalue weighted by atomic mass is 32.2. The molecule has 0 unspecified atom stereocenters. The number of nitrogens with one attached hydrogen (secondary N) is 2. The minimum atomic E-state index is -3.75. The standard InChI is InChI=1S/C11H9NO4S2.C9H9N3O2S2/c13-11(14)10-9(6-7-17-10)12-18(15,16)8-4-2-1-3-5-8;10-7-1-3-8(4-2-7)16(13,14)12-9-11-5-6-15-9/h1-7,12H,(H,13,14);1-6H,10H2,(H,11,12). The zero-order valence-electron chi connectivity index (χ0n) is 17.2. The smallest absolute Gasteiger partial charge is 0.348 e. The van der Waals surface area contributed by atoms with Crippen LogP contribution in [0.15, 0.2) is 87.4 Å². The van der Waals surface area contributed by atoms with Crippen molar-refractivity contribution in [3.63, 3.8) is 0 Å². The maximum absolute atomic E-state index is 12.0. The third kappa shape index (κ3) is 6.54. The molecule has 14 heteroatoms. The Morgan fingerprint density at radius 2 is 1.44 bits per heavy atom. The molecule has 0 aliphatic carbocycles. The lowest BCUT2D eigenvalue weighted by Crippen LogP contribution is -2.14. The van der Waals surface area contributed by atoms with Gasteiger partial charge in [-0.1, -0.05) is 18.2 Å². The van der Waals surface area contributed by atoms with Crippen molar-refractivity contribution in [2.24, 2.45) is 0 Å². The molecule has 4 aromatic rings. The molecule has 0 spiro atoms. The van der Waals surface area contributed by atoms with Gasteiger partial charge in [-0.3, -0.25) is 9.44 Å². The summed E-state index contributed by atoms with van der Waals surface area (Å²) in [6, 6.07) is 15.2. The van der Waals surface area contributed by atoms with Crippen LogP contribution in [0.2, 0.25) is 0 Å². The van der Waals surface area contributed by atoms with E-state index in [1.165, 1.54) is 65.4 Å². The molecule has 0 radical (unpaired) electrons. The van der Waals surface area contributed by atoms with Gasteiger partial charge in [0.05, 0.1) is 15.5 Å². The van der Waals surface area contributed by atoms with Crippen LogP contribution in [0.5, 0.6) is 0 Å². The van der Waals surface area contributed by atoms with Crippen molar-refractivity contribution in [2.45, 2.75) is 9.79 Å². The molecule has 0 saturated carbocycles. The average Bonchev–Trinajstić information content (AvgIpc) is 3.47. The van der Waals surface area contributed by atoms with Crippen LogP contribution in [0.25, 0.3) is 0 Å². The summed E-state index contributed by atoms with van der Waals surface area (Å²) < 4.78 is 52.2. The summed E-state index contributed by atoms with van der Waals surface area (Å²) in [5.41, 5.74) is 6.08. The Bertz CT molecular complexity index is 1450. The number of carboxylic acid groups (broad SMARTS) is 1. The van der Waals surface area contributed by atoms with Gasteiger partial charge in [-0.05, 0) is 47.8 Å². The van der Waals surface area contributed by atoms with Crippen LogP contribution in [0.3, 0.4) is 0 Å². The van der Waals surface area contributed by atoms with Gasteiger partial charge in [0.2, 0.25) is 0 Å². The first-order chi connectivity index (χ1) is 16.1. The Kier molecular flexibility index (Phi) is 7.88. The summed E-state index contributed by atoms with van der Waals surface area (Å²) in [5, 5.41) is 12.5. The predicted molar refractivity (Wildman–Crippen MR) is 132 cm³/mol. The Hall–Kier alpha value is -3.46. The molecule has 2 heterocycles. The number of carboxylic acids is 1. The second-order valence-corrected chi connectivity index (χ2v) is 11.6. The molecule has 0 saturated heterocycles. The van der Waals surface area contributed by atoms with Crippen molar-refractivity contribution in [2.75, 3.05) is 15.2 Å². The molecule has 0 fully saturated rings. The molecule has 178 valence electrons. The van der Waals surface area contributed by atoms with Crippen LogP contribution in [-0.4, -0.2) is 32.9 Å². The molecular formula is C20H18N4O6S4. The zero-order chi connectivity index (χ0) is 24.8. The van der Waals surface area contributed by atoms with Gasteiger partial charge in [0.15, 0.2) is 5.13 Å². The monoisotopic (exact) mass is 538 g/mol. The molecule has 2 aromatic carbocycles. The number of hydrogen-bond donors (Lipinski definition) is 4. The molecule has 4 rings (SSSR count). The molecule has 0 aliphatic heterocycles. The number of rotatable bonds is 7. The normalized spacial score (nSPS) is 11.2. The van der Waals surface area contributed by atoms with Crippen molar-refractivity contribution in [3.8, 4) is 0 Å². The van der Waals surface area contributed by atoms with Crippen LogP contribution >= 0.6 is 22.7 Å². The Labute approximate surface area is 203 Å². The van der Waals surface area contributed by atoms with Gasteiger partial charge >= 0.3 is 5.97 Å². The van der Waals surface area contributed by atoms with Gasteiger partial charge in [-0.2, -0.15) is 0 Å². The van der Waals surface area contributed by atoms with Crippen LogP contribution in [0, 0.1) is 0 Å². The number of nitrogens with zero attached hydrogens (tertiary/aromatic N) is 1. The van der Waals surface area contributed by atoms with E-state index in [4.69, 9.17) is 10.8 Å². The maximum Gasteiger partial charge on any atom is 0.348 e. The van der Waals surface area contributed by atoms with E-state index in [1.807, 2.05) is 0 Å². The predicted octanol–water partition coefficient (Wildman–Crippen LogP) is 3.77. The van der Waals surface area contributed by atoms with Gasteiger partial charge in [0, 0.05) is 17.3 Å². The highest BCUT2D eigenvalue weighted by molar-refractivity contribution is 7.93. The summed E-state index contributed by atoms with van der Waals surface area (Å²) >= 11 is 2.19. The van der Waals surface area contributed by atoms with E-state index in [2.05, 4.69) is 14.4 Å². The number of benzene rings is 2. The molecule has 10 nitrogen and oxygen atoms in total. The van der Waals surface area contributed by atoms with Crippen molar-refractivity contribution in [1.82, 2.24) is 4.98 Å². The lowest BCUT2D eigenvalue weighted by Gasteiger charge is -2.07. The van der Waals surface area contributed by atoms with Crippen LogP contribution in [-0.2, 0) is 20.0 Å². The second kappa shape index (κ2) is 10.6. The molecule has 0 aliphatic rings. The van der Waals surface area contributed by atoms with E-state index >= 15 is 0 Å². The average molecular weight is 539 g/mol. The Morgan fingerprint density at radius 1 is 0.824 bits per heavy atom. The fourth-order valence-corrected chi connectivity index (χ4v) is 6.09. The molecule has 0 amide bonds. The van der Waals surface area contributed by atoms with Crippen molar-refractivity contribution in [1.29, 1.82) is 0 Å². The lowest BCUT2D eigenvalue weighted by atomic mass is 10.3. The van der Waals surface area contributed by atoms with E-state index in [0.717, 1.165) is 11.3 Å². The van der Waals surface area contributed by atoms with Crippen molar-refractivity contribution < 1.29 is 26.7 Å². The molecule has 0 bridgehead atoms. The summed E-state index contributed by atoms with van der Waals surface area (Å²) in [6.07, 6.45) is 1.53. The Balaban J connectivity index is 0.000000192. The molecular weight excluding hydrogens is 521 g/mol. The van der Waals surface area contributed by atoms with Crippen LogP contribution < -0.4 is 15.2 Å². The minimum Gasteiger partial charge on any atom is -0.477 e. The number of aromatic carboxylic acids is 1. The van der Waals surface area contributed by atoms with Gasteiger partial charge in [-0.25, -0.2) is 26.6 Å². The SMILES string of the molecule is Nc1ccc(S(=O)(=O)Nc2nccs2)cc1.O=C(O)c1sccc1NS(=O)(=O)c1ccccc1. The number of aromatic nitrogens is 1. The number of hydrogen-bond acceptors (Lipinski definition) is 9. The van der Waals surface area contributed by atoms with Crippen molar-refractivity contribution >= 4 is 65.2 Å². The fourth-order valence-electron chi connectivity index (χ4n) is 2.45. The van der Waals surface area contributed by atoms with Crippen LogP contribution in [0.4, 0.5) is 16.5 Å². The number of thiophene rings is 1. The van der Waals surface area contributed by atoms with E-state index in [-0.39, 0.29) is 20.4 Å². The van der Waals surface area contributed by atoms with E-state index in [0.29, 0.717) is 10.8 Å². The molecule has 0 atom stereocenters. The number of carbonyl (C=O) groups is 1. The van der Waals surface area contributed by atoms with Gasteiger partial charge in [-0.15, -0.1) is 22.7 Å². The third-order valence-electron chi connectivity index (χ3n) is 4.00. The first kappa shape index (κ1) is 25.2. The molecule has 5 N–H and O–H groups in total. The third-order valence-corrected chi connectivity index (χ3v) is 8.46.